The van der Waals surface area contributed by atoms with Gasteiger partial charge in [0.1, 0.15) is 0 Å². The molecule has 0 spiro atoms. The lowest BCUT2D eigenvalue weighted by Crippen LogP contribution is -2.61. The van der Waals surface area contributed by atoms with Gasteiger partial charge >= 0.3 is 0 Å². The maximum Gasteiger partial charge on any atom is 0.252 e. The number of hydrogen-bond acceptors (Lipinski definition) is 2. The normalized spacial score (nSPS) is 13.0. The third-order valence-corrected chi connectivity index (χ3v) is 11.8. The number of rotatable bonds is 3. The van der Waals surface area contributed by atoms with Gasteiger partial charge in [0.25, 0.3) is 6.71 Å². The fraction of sp³-hybridized carbons (Fsp3) is 0.0588. The van der Waals surface area contributed by atoms with E-state index in [9.17, 15) is 0 Å². The van der Waals surface area contributed by atoms with Crippen molar-refractivity contribution < 1.29 is 0 Å². The summed E-state index contributed by atoms with van der Waals surface area (Å²) in [5.74, 6) is 0. The zero-order chi connectivity index (χ0) is 36.1. The zero-order valence-electron chi connectivity index (χ0n) is 30.6. The Kier molecular flexibility index (Phi) is 6.72. The molecule has 2 aliphatic heterocycles. The monoisotopic (exact) mass is 688 g/mol. The van der Waals surface area contributed by atoms with E-state index in [1.165, 1.54) is 105 Å². The lowest BCUT2D eigenvalue weighted by atomic mass is 9.33. The molecule has 0 saturated carbocycles. The average molecular weight is 689 g/mol. The maximum absolute atomic E-state index is 2.49. The van der Waals surface area contributed by atoms with Gasteiger partial charge in [-0.15, -0.1) is 0 Å². The van der Waals surface area contributed by atoms with E-state index in [1.807, 2.05) is 0 Å². The van der Waals surface area contributed by atoms with Crippen LogP contribution in [0, 0.1) is 20.8 Å². The first kappa shape index (κ1) is 31.0. The number of benzene rings is 9. The van der Waals surface area contributed by atoms with E-state index in [0.717, 1.165) is 5.69 Å². The Morgan fingerprint density at radius 2 is 0.815 bits per heavy atom. The van der Waals surface area contributed by atoms with Crippen LogP contribution in [0.5, 0.6) is 0 Å². The van der Waals surface area contributed by atoms with Gasteiger partial charge in [-0.05, 0) is 129 Å². The first-order valence-electron chi connectivity index (χ1n) is 19.0. The zero-order valence-corrected chi connectivity index (χ0v) is 30.6. The van der Waals surface area contributed by atoms with E-state index in [2.05, 4.69) is 200 Å². The summed E-state index contributed by atoms with van der Waals surface area (Å²) in [6.45, 7) is 6.71. The molecule has 254 valence electrons. The molecule has 3 heteroatoms. The number of hydrogen-bond donors (Lipinski definition) is 0. The molecule has 2 aliphatic rings. The van der Waals surface area contributed by atoms with Crippen LogP contribution in [0.4, 0.5) is 34.1 Å². The molecule has 2 nitrogen and oxygen atoms in total. The van der Waals surface area contributed by atoms with Crippen LogP contribution in [0.3, 0.4) is 0 Å². The summed E-state index contributed by atoms with van der Waals surface area (Å²) in [6.07, 6.45) is 0. The van der Waals surface area contributed by atoms with Crippen molar-refractivity contribution in [3.63, 3.8) is 0 Å². The van der Waals surface area contributed by atoms with E-state index < -0.39 is 0 Å². The summed E-state index contributed by atoms with van der Waals surface area (Å²) < 4.78 is 0. The third kappa shape index (κ3) is 4.48. The minimum Gasteiger partial charge on any atom is -0.311 e. The Hall–Kier alpha value is -6.58. The highest BCUT2D eigenvalue weighted by Crippen LogP contribution is 2.45. The molecule has 0 bridgehead atoms. The molecular formula is C51H37BN2. The molecule has 0 radical (unpaired) electrons. The Bertz CT molecular complexity index is 2940. The van der Waals surface area contributed by atoms with Gasteiger partial charge in [-0.3, -0.25) is 0 Å². The van der Waals surface area contributed by atoms with Crippen molar-refractivity contribution in [1.82, 2.24) is 0 Å². The predicted octanol–water partition coefficient (Wildman–Crippen LogP) is 11.8. The van der Waals surface area contributed by atoms with Crippen molar-refractivity contribution in [2.24, 2.45) is 0 Å². The first-order valence-corrected chi connectivity index (χ1v) is 19.0. The van der Waals surface area contributed by atoms with Crippen LogP contribution < -0.4 is 26.2 Å². The SMILES string of the molecule is Cc1ccc(N2c3ccc(C)cc3B3c4cc(C)ccc4N(c4ccc(-c5cccc6c7ccccc7c7ccccc7c56)cc4)c4cccc2c43)cc1. The van der Waals surface area contributed by atoms with Crippen LogP contribution in [-0.2, 0) is 0 Å². The average Bonchev–Trinajstić information content (AvgIpc) is 3.21. The van der Waals surface area contributed by atoms with Crippen LogP contribution >= 0.6 is 0 Å². The molecule has 0 fully saturated rings. The van der Waals surface area contributed by atoms with E-state index in [4.69, 9.17) is 0 Å². The molecule has 9 aromatic carbocycles. The highest BCUT2D eigenvalue weighted by atomic mass is 15.2. The molecule has 2 heterocycles. The van der Waals surface area contributed by atoms with Gasteiger partial charge in [-0.2, -0.15) is 0 Å². The van der Waals surface area contributed by atoms with Crippen molar-refractivity contribution in [3.05, 3.63) is 187 Å². The van der Waals surface area contributed by atoms with Gasteiger partial charge in [-0.25, -0.2) is 0 Å². The van der Waals surface area contributed by atoms with Crippen LogP contribution in [-0.4, -0.2) is 6.71 Å². The summed E-state index contributed by atoms with van der Waals surface area (Å²) in [5, 5.41) is 7.79. The molecule has 0 N–H and O–H groups in total. The molecule has 0 atom stereocenters. The highest BCUT2D eigenvalue weighted by molar-refractivity contribution is 7.00. The van der Waals surface area contributed by atoms with Crippen molar-refractivity contribution in [2.75, 3.05) is 9.80 Å². The summed E-state index contributed by atoms with van der Waals surface area (Å²) >= 11 is 0. The van der Waals surface area contributed by atoms with Gasteiger partial charge in [0, 0.05) is 34.1 Å². The van der Waals surface area contributed by atoms with Crippen molar-refractivity contribution in [3.8, 4) is 11.1 Å². The quantitative estimate of drug-likeness (QED) is 0.135. The number of nitrogens with zero attached hydrogens (tertiary/aromatic N) is 2. The summed E-state index contributed by atoms with van der Waals surface area (Å²) in [5.41, 5.74) is 17.6. The molecule has 0 amide bonds. The molecule has 9 aromatic rings. The van der Waals surface area contributed by atoms with Gasteiger partial charge in [0.15, 0.2) is 0 Å². The summed E-state index contributed by atoms with van der Waals surface area (Å²) in [7, 11) is 0. The Balaban J connectivity index is 1.11. The largest absolute Gasteiger partial charge is 0.311 e. The molecule has 0 aliphatic carbocycles. The topological polar surface area (TPSA) is 6.48 Å². The van der Waals surface area contributed by atoms with E-state index in [1.54, 1.807) is 0 Å². The maximum atomic E-state index is 2.49. The van der Waals surface area contributed by atoms with Crippen LogP contribution in [0.1, 0.15) is 16.7 Å². The van der Waals surface area contributed by atoms with E-state index >= 15 is 0 Å². The fourth-order valence-corrected chi connectivity index (χ4v) is 9.42. The van der Waals surface area contributed by atoms with Gasteiger partial charge in [0.2, 0.25) is 0 Å². The van der Waals surface area contributed by atoms with Crippen molar-refractivity contribution >= 4 is 89.5 Å². The second-order valence-electron chi connectivity index (χ2n) is 15.1. The van der Waals surface area contributed by atoms with E-state index in [0.29, 0.717) is 0 Å². The molecule has 54 heavy (non-hydrogen) atoms. The number of fused-ring (bicyclic) bond motifs is 10. The van der Waals surface area contributed by atoms with Gasteiger partial charge in [0.05, 0.1) is 0 Å². The lowest BCUT2D eigenvalue weighted by Gasteiger charge is -2.44. The lowest BCUT2D eigenvalue weighted by molar-refractivity contribution is 1.24. The molecule has 11 rings (SSSR count). The van der Waals surface area contributed by atoms with Gasteiger partial charge in [-0.1, -0.05) is 138 Å². The predicted molar refractivity (Wildman–Crippen MR) is 233 cm³/mol. The Morgan fingerprint density at radius 1 is 0.370 bits per heavy atom. The van der Waals surface area contributed by atoms with Crippen LogP contribution in [0.25, 0.3) is 43.4 Å². The molecule has 0 aromatic heterocycles. The van der Waals surface area contributed by atoms with Gasteiger partial charge < -0.3 is 9.80 Å². The minimum absolute atomic E-state index is 0.122. The number of aryl methyl sites for hydroxylation is 3. The Morgan fingerprint density at radius 3 is 1.37 bits per heavy atom. The van der Waals surface area contributed by atoms with Crippen LogP contribution in [0.2, 0.25) is 0 Å². The second-order valence-corrected chi connectivity index (χ2v) is 15.1. The minimum atomic E-state index is 0.122. The smallest absolute Gasteiger partial charge is 0.252 e. The second kappa shape index (κ2) is 11.7. The standard InChI is InChI=1S/C51H37BN2/c1-32-18-24-36(25-19-32)53-46-28-20-33(2)30-44(46)52-45-31-34(3)21-29-47(45)54(49-17-9-16-48(53)51(49)52)37-26-22-35(23-27-37)38-14-8-15-43-41-11-5-4-10-39(41)40-12-6-7-13-42(40)50(38)43/h4-31H,1-3H3. The van der Waals surface area contributed by atoms with Crippen LogP contribution in [0.15, 0.2) is 170 Å². The molecule has 0 unspecified atom stereocenters. The summed E-state index contributed by atoms with van der Waals surface area (Å²) in [4.78, 5) is 4.97. The molecule has 0 saturated heterocycles. The molecular weight excluding hydrogens is 651 g/mol. The third-order valence-electron chi connectivity index (χ3n) is 11.8. The summed E-state index contributed by atoms with van der Waals surface area (Å²) in [6, 6.07) is 63.6. The highest BCUT2D eigenvalue weighted by Gasteiger charge is 2.43. The Labute approximate surface area is 316 Å². The van der Waals surface area contributed by atoms with Crippen molar-refractivity contribution in [2.45, 2.75) is 20.8 Å². The number of anilines is 6. The van der Waals surface area contributed by atoms with Crippen molar-refractivity contribution in [1.29, 1.82) is 0 Å². The fourth-order valence-electron chi connectivity index (χ4n) is 9.42. The van der Waals surface area contributed by atoms with E-state index in [-0.39, 0.29) is 6.71 Å². The first-order chi connectivity index (χ1) is 26.5.